The van der Waals surface area contributed by atoms with Crippen LogP contribution >= 0.6 is 11.6 Å². The summed E-state index contributed by atoms with van der Waals surface area (Å²) in [6, 6.07) is 12.3. The highest BCUT2D eigenvalue weighted by Gasteiger charge is 2.23. The van der Waals surface area contributed by atoms with Gasteiger partial charge in [0, 0.05) is 31.0 Å². The second-order valence-corrected chi connectivity index (χ2v) is 9.84. The first-order valence-electron chi connectivity index (χ1n) is 12.8. The van der Waals surface area contributed by atoms with Crippen LogP contribution in [0.25, 0.3) is 0 Å². The second-order valence-electron chi connectivity index (χ2n) is 9.40. The number of carbonyl (C=O) groups excluding carboxylic acids is 2. The van der Waals surface area contributed by atoms with Crippen LogP contribution < -0.4 is 25.6 Å². The van der Waals surface area contributed by atoms with Gasteiger partial charge in [-0.25, -0.2) is 9.37 Å². The van der Waals surface area contributed by atoms with Crippen molar-refractivity contribution >= 4 is 40.6 Å². The Labute approximate surface area is 225 Å². The number of rotatable bonds is 7. The molecule has 2 amide bonds. The Bertz CT molecular complexity index is 1310. The van der Waals surface area contributed by atoms with Crippen molar-refractivity contribution < 1.29 is 18.7 Å². The first kappa shape index (κ1) is 25.9. The van der Waals surface area contributed by atoms with Crippen molar-refractivity contribution in [3.8, 4) is 5.75 Å². The summed E-state index contributed by atoms with van der Waals surface area (Å²) < 4.78 is 20.5. The number of piperidine rings is 1. The third-order valence-electron chi connectivity index (χ3n) is 6.70. The summed E-state index contributed by atoms with van der Waals surface area (Å²) in [5.74, 6) is -0.937. The van der Waals surface area contributed by atoms with E-state index in [0.29, 0.717) is 16.3 Å². The molecule has 2 aliphatic rings. The standard InChI is InChI=1S/C28H29ClFN5O3/c29-18-3-8-26(32-17-18)34-28(37)23-15-19(30)4-7-24(23)33-27(36)22-6-5-20(35-13-1-2-14-35)16-25(22)38-21-9-11-31-12-10-21/h3-8,15-17,21,31H,1-2,9-14H2,(H,33,36)(H,32,34,37). The third kappa shape index (κ3) is 6.23. The van der Waals surface area contributed by atoms with E-state index in [1.165, 1.54) is 24.4 Å². The van der Waals surface area contributed by atoms with Gasteiger partial charge in [-0.3, -0.25) is 9.59 Å². The molecule has 0 bridgehead atoms. The lowest BCUT2D eigenvalue weighted by Crippen LogP contribution is -2.34. The van der Waals surface area contributed by atoms with Gasteiger partial charge < -0.3 is 25.6 Å². The van der Waals surface area contributed by atoms with Crippen molar-refractivity contribution in [3.05, 3.63) is 76.7 Å². The minimum atomic E-state index is -0.620. The lowest BCUT2D eigenvalue weighted by molar-refractivity contribution is 0.101. The lowest BCUT2D eigenvalue weighted by Gasteiger charge is -2.26. The van der Waals surface area contributed by atoms with Gasteiger partial charge in [0.25, 0.3) is 11.8 Å². The molecular weight excluding hydrogens is 509 g/mol. The number of anilines is 3. The third-order valence-corrected chi connectivity index (χ3v) is 6.93. The van der Waals surface area contributed by atoms with Crippen LogP contribution in [-0.4, -0.2) is 49.1 Å². The summed E-state index contributed by atoms with van der Waals surface area (Å²) in [4.78, 5) is 32.8. The van der Waals surface area contributed by atoms with E-state index in [1.54, 1.807) is 12.1 Å². The Kier molecular flexibility index (Phi) is 8.05. The van der Waals surface area contributed by atoms with Crippen LogP contribution in [-0.2, 0) is 0 Å². The van der Waals surface area contributed by atoms with Gasteiger partial charge in [-0.2, -0.15) is 0 Å². The molecule has 0 atom stereocenters. The number of ether oxygens (including phenoxy) is 1. The number of halogens is 2. The fourth-order valence-electron chi connectivity index (χ4n) is 4.70. The molecule has 8 nitrogen and oxygen atoms in total. The molecule has 3 aromatic rings. The smallest absolute Gasteiger partial charge is 0.259 e. The summed E-state index contributed by atoms with van der Waals surface area (Å²) in [7, 11) is 0. The van der Waals surface area contributed by atoms with E-state index in [-0.39, 0.29) is 23.2 Å². The summed E-state index contributed by atoms with van der Waals surface area (Å²) in [6.07, 6.45) is 5.34. The van der Waals surface area contributed by atoms with Crippen molar-refractivity contribution in [3.63, 3.8) is 0 Å². The van der Waals surface area contributed by atoms with E-state index in [0.717, 1.165) is 63.6 Å². The van der Waals surface area contributed by atoms with Gasteiger partial charge in [-0.1, -0.05) is 11.6 Å². The maximum atomic E-state index is 14.1. The van der Waals surface area contributed by atoms with Gasteiger partial charge in [-0.15, -0.1) is 0 Å². The normalized spacial score (nSPS) is 15.8. The Balaban J connectivity index is 1.40. The molecule has 5 rings (SSSR count). The number of pyridine rings is 1. The zero-order valence-electron chi connectivity index (χ0n) is 20.8. The van der Waals surface area contributed by atoms with Gasteiger partial charge in [0.05, 0.1) is 21.8 Å². The van der Waals surface area contributed by atoms with E-state index in [2.05, 4.69) is 25.8 Å². The molecule has 0 aliphatic carbocycles. The largest absolute Gasteiger partial charge is 0.489 e. The van der Waals surface area contributed by atoms with Crippen LogP contribution in [0.4, 0.5) is 21.6 Å². The van der Waals surface area contributed by atoms with E-state index < -0.39 is 17.6 Å². The van der Waals surface area contributed by atoms with Crippen LogP contribution in [0.3, 0.4) is 0 Å². The van der Waals surface area contributed by atoms with E-state index in [1.807, 2.05) is 12.1 Å². The zero-order chi connectivity index (χ0) is 26.5. The van der Waals surface area contributed by atoms with Crippen molar-refractivity contribution in [2.45, 2.75) is 31.8 Å². The highest BCUT2D eigenvalue weighted by Crippen LogP contribution is 2.31. The van der Waals surface area contributed by atoms with Crippen LogP contribution in [0, 0.1) is 5.82 Å². The van der Waals surface area contributed by atoms with Gasteiger partial charge in [0.2, 0.25) is 0 Å². The first-order valence-corrected chi connectivity index (χ1v) is 13.1. The van der Waals surface area contributed by atoms with E-state index in [4.69, 9.17) is 16.3 Å². The predicted molar refractivity (Wildman–Crippen MR) is 146 cm³/mol. The van der Waals surface area contributed by atoms with Crippen molar-refractivity contribution in [1.29, 1.82) is 0 Å². The fourth-order valence-corrected chi connectivity index (χ4v) is 4.81. The van der Waals surface area contributed by atoms with Gasteiger partial charge in [-0.05, 0) is 81.2 Å². The minimum absolute atomic E-state index is 0.00402. The molecule has 38 heavy (non-hydrogen) atoms. The highest BCUT2D eigenvalue weighted by molar-refractivity contribution is 6.30. The zero-order valence-corrected chi connectivity index (χ0v) is 21.6. The maximum Gasteiger partial charge on any atom is 0.259 e. The molecule has 0 radical (unpaired) electrons. The molecule has 0 spiro atoms. The molecule has 0 unspecified atom stereocenters. The molecule has 3 heterocycles. The number of aromatic nitrogens is 1. The number of hydrogen-bond acceptors (Lipinski definition) is 6. The number of benzene rings is 2. The Morgan fingerprint density at radius 2 is 1.74 bits per heavy atom. The Morgan fingerprint density at radius 1 is 0.974 bits per heavy atom. The Hall–Kier alpha value is -3.69. The molecule has 2 fully saturated rings. The van der Waals surface area contributed by atoms with Crippen LogP contribution in [0.5, 0.6) is 5.75 Å². The van der Waals surface area contributed by atoms with Crippen LogP contribution in [0.15, 0.2) is 54.7 Å². The molecule has 1 aromatic heterocycles. The SMILES string of the molecule is O=C(Nc1ccc(Cl)cn1)c1cc(F)ccc1NC(=O)c1ccc(N2CCCC2)cc1OC1CCNCC1. The number of amides is 2. The number of carbonyl (C=O) groups is 2. The summed E-state index contributed by atoms with van der Waals surface area (Å²) in [5, 5.41) is 9.13. The fraction of sp³-hybridized carbons (Fsp3) is 0.321. The highest BCUT2D eigenvalue weighted by atomic mass is 35.5. The van der Waals surface area contributed by atoms with Gasteiger partial charge in [0.15, 0.2) is 0 Å². The monoisotopic (exact) mass is 537 g/mol. The summed E-state index contributed by atoms with van der Waals surface area (Å²) in [5.41, 5.74) is 1.49. The molecule has 198 valence electrons. The van der Waals surface area contributed by atoms with E-state index in [9.17, 15) is 14.0 Å². The van der Waals surface area contributed by atoms with Crippen molar-refractivity contribution in [1.82, 2.24) is 10.3 Å². The quantitative estimate of drug-likeness (QED) is 0.388. The second kappa shape index (κ2) is 11.8. The molecule has 3 N–H and O–H groups in total. The topological polar surface area (TPSA) is 95.6 Å². The number of nitrogens with one attached hydrogen (secondary N) is 3. The molecular formula is C28H29ClFN5O3. The Morgan fingerprint density at radius 3 is 2.47 bits per heavy atom. The molecule has 2 aliphatic heterocycles. The first-order chi connectivity index (χ1) is 18.5. The molecule has 2 saturated heterocycles. The van der Waals surface area contributed by atoms with Crippen molar-refractivity contribution in [2.24, 2.45) is 0 Å². The molecule has 0 saturated carbocycles. The predicted octanol–water partition coefficient (Wildman–Crippen LogP) is 5.11. The lowest BCUT2D eigenvalue weighted by atomic mass is 10.1. The summed E-state index contributed by atoms with van der Waals surface area (Å²) in [6.45, 7) is 3.65. The number of nitrogens with zero attached hydrogens (tertiary/aromatic N) is 2. The number of hydrogen-bond donors (Lipinski definition) is 3. The van der Waals surface area contributed by atoms with Gasteiger partial charge >= 0.3 is 0 Å². The van der Waals surface area contributed by atoms with Crippen LogP contribution in [0.2, 0.25) is 5.02 Å². The van der Waals surface area contributed by atoms with Crippen molar-refractivity contribution in [2.75, 3.05) is 41.7 Å². The van der Waals surface area contributed by atoms with E-state index >= 15 is 0 Å². The van der Waals surface area contributed by atoms with Gasteiger partial charge in [0.1, 0.15) is 23.5 Å². The minimum Gasteiger partial charge on any atom is -0.489 e. The molecule has 2 aromatic carbocycles. The maximum absolute atomic E-state index is 14.1. The molecule has 10 heteroatoms. The average molecular weight is 538 g/mol. The van der Waals surface area contributed by atoms with Crippen LogP contribution in [0.1, 0.15) is 46.4 Å². The summed E-state index contributed by atoms with van der Waals surface area (Å²) >= 11 is 5.86. The average Bonchev–Trinajstić information content (AvgIpc) is 3.47.